The average Bonchev–Trinajstić information content (AvgIpc) is 2.78. The van der Waals surface area contributed by atoms with Crippen LogP contribution in [0.3, 0.4) is 0 Å². The molecule has 2 spiro atoms. The van der Waals surface area contributed by atoms with E-state index >= 15 is 0 Å². The fraction of sp³-hybridized carbons (Fsp3) is 0.846. The Labute approximate surface area is 145 Å². The van der Waals surface area contributed by atoms with E-state index in [2.05, 4.69) is 10.3 Å². The molecule has 5 aliphatic heterocycles. The number of guanidine groups is 1. The van der Waals surface area contributed by atoms with E-state index in [1.165, 1.54) is 0 Å². The Morgan fingerprint density at radius 3 is 2.38 bits per heavy atom. The van der Waals surface area contributed by atoms with Crippen molar-refractivity contribution < 1.29 is 44.5 Å². The highest BCUT2D eigenvalue weighted by molar-refractivity contribution is 5.82. The third kappa shape index (κ3) is 1.44. The molecule has 10 N–H and O–H groups in total. The molecule has 1 aliphatic carbocycles. The zero-order valence-electron chi connectivity index (χ0n) is 13.1. The monoisotopic (exact) mass is 374 g/mol. The molecule has 4 bridgehead atoms. The molecule has 0 aromatic rings. The van der Waals surface area contributed by atoms with Gasteiger partial charge in [0.05, 0.1) is 5.92 Å². The molecule has 0 aromatic heterocycles. The molecule has 26 heavy (non-hydrogen) atoms. The van der Waals surface area contributed by atoms with Gasteiger partial charge in [0.25, 0.3) is 0 Å². The maximum Gasteiger partial charge on any atom is 0.326 e. The quantitative estimate of drug-likeness (QED) is 0.185. The lowest BCUT2D eigenvalue weighted by Gasteiger charge is -2.71. The van der Waals surface area contributed by atoms with Gasteiger partial charge >= 0.3 is 11.9 Å². The van der Waals surface area contributed by atoms with Gasteiger partial charge in [0, 0.05) is 0 Å². The number of carbonyl (C=O) groups is 1. The minimum atomic E-state index is -2.60. The molecule has 5 heterocycles. The molecule has 1 unspecified atom stereocenters. The minimum absolute atomic E-state index is 0.285. The van der Waals surface area contributed by atoms with Crippen LogP contribution in [-0.2, 0) is 19.0 Å². The SMILES string of the molecule is NC1=N[C@H](O)[C@H]2[C@H]3O[C@]4(O)O[C@@H](C(O)[C@@]2(N1)[C@@H]4O)[C@@]31OC(=O)[C@@H](N)[C@H]1O. The predicted molar refractivity (Wildman–Crippen MR) is 76.5 cm³/mol. The second-order valence-electron chi connectivity index (χ2n) is 7.31. The van der Waals surface area contributed by atoms with Gasteiger partial charge < -0.3 is 56.5 Å². The Morgan fingerprint density at radius 1 is 1.12 bits per heavy atom. The molecule has 13 heteroatoms. The summed E-state index contributed by atoms with van der Waals surface area (Å²) in [6.45, 7) is 0. The molecule has 5 fully saturated rings. The van der Waals surface area contributed by atoms with Crippen LogP contribution in [0.2, 0.25) is 0 Å². The van der Waals surface area contributed by atoms with Crippen LogP contribution in [0.15, 0.2) is 4.99 Å². The number of rotatable bonds is 0. The van der Waals surface area contributed by atoms with Gasteiger partial charge in [-0.05, 0) is 0 Å². The van der Waals surface area contributed by atoms with Crippen LogP contribution in [-0.4, -0.2) is 97.4 Å². The second-order valence-corrected chi connectivity index (χ2v) is 7.31. The summed E-state index contributed by atoms with van der Waals surface area (Å²) in [5, 5.41) is 55.9. The number of nitrogens with one attached hydrogen (secondary N) is 1. The normalized spacial score (nSPS) is 62.7. The van der Waals surface area contributed by atoms with Crippen molar-refractivity contribution in [2.45, 2.75) is 59.9 Å². The number of ether oxygens (including phenoxy) is 3. The largest absolute Gasteiger partial charge is 0.449 e. The lowest BCUT2D eigenvalue weighted by Crippen LogP contribution is -2.96. The van der Waals surface area contributed by atoms with Gasteiger partial charge in [0.2, 0.25) is 0 Å². The van der Waals surface area contributed by atoms with Gasteiger partial charge in [-0.25, -0.2) is 4.99 Å². The summed E-state index contributed by atoms with van der Waals surface area (Å²) in [5.74, 6) is -5.10. The number of aliphatic hydroxyl groups is 5. The third-order valence-corrected chi connectivity index (χ3v) is 6.22. The van der Waals surface area contributed by atoms with Crippen molar-refractivity contribution in [3.63, 3.8) is 0 Å². The van der Waals surface area contributed by atoms with E-state index in [-0.39, 0.29) is 5.96 Å². The van der Waals surface area contributed by atoms with Gasteiger partial charge in [-0.15, -0.1) is 0 Å². The fourth-order valence-corrected chi connectivity index (χ4v) is 5.15. The van der Waals surface area contributed by atoms with E-state index in [1.807, 2.05) is 0 Å². The number of hydrogen-bond acceptors (Lipinski definition) is 13. The first-order valence-corrected chi connectivity index (χ1v) is 7.99. The Kier molecular flexibility index (Phi) is 2.84. The number of esters is 1. The maximum absolute atomic E-state index is 12.0. The molecule has 144 valence electrons. The third-order valence-electron chi connectivity index (χ3n) is 6.22. The fourth-order valence-electron chi connectivity index (χ4n) is 5.15. The van der Waals surface area contributed by atoms with Crippen LogP contribution >= 0.6 is 0 Å². The Balaban J connectivity index is 1.75. The molecular weight excluding hydrogens is 356 g/mol. The molecule has 0 radical (unpaired) electrons. The first-order chi connectivity index (χ1) is 12.1. The van der Waals surface area contributed by atoms with Crippen LogP contribution in [0.25, 0.3) is 0 Å². The molecule has 0 amide bonds. The van der Waals surface area contributed by atoms with Crippen molar-refractivity contribution in [3.05, 3.63) is 0 Å². The van der Waals surface area contributed by atoms with Gasteiger partial charge in [0.1, 0.15) is 36.0 Å². The van der Waals surface area contributed by atoms with Crippen LogP contribution in [0.1, 0.15) is 0 Å². The molecule has 0 aromatic carbocycles. The Morgan fingerprint density at radius 2 is 1.77 bits per heavy atom. The number of aliphatic imine (C=N–C) groups is 1. The topological polar surface area (TPSA) is 222 Å². The van der Waals surface area contributed by atoms with Gasteiger partial charge in [-0.1, -0.05) is 0 Å². The summed E-state index contributed by atoms with van der Waals surface area (Å²) in [6.07, 6.45) is -9.78. The first-order valence-electron chi connectivity index (χ1n) is 7.99. The smallest absolute Gasteiger partial charge is 0.326 e. The van der Waals surface area contributed by atoms with E-state index in [4.69, 9.17) is 25.7 Å². The summed E-state index contributed by atoms with van der Waals surface area (Å²) in [5.41, 5.74) is 7.46. The maximum atomic E-state index is 12.0. The van der Waals surface area contributed by atoms with Crippen LogP contribution in [0, 0.1) is 5.92 Å². The summed E-state index contributed by atoms with van der Waals surface area (Å²) in [7, 11) is 0. The molecular formula is C13H18N4O9. The van der Waals surface area contributed by atoms with Gasteiger partial charge in [0.15, 0.2) is 23.9 Å². The highest BCUT2D eigenvalue weighted by Crippen LogP contribution is 2.61. The van der Waals surface area contributed by atoms with Crippen molar-refractivity contribution in [2.24, 2.45) is 22.4 Å². The number of hydrogen-bond donors (Lipinski definition) is 8. The summed E-state index contributed by atoms with van der Waals surface area (Å²) in [4.78, 5) is 15.7. The number of nitrogens with zero attached hydrogens (tertiary/aromatic N) is 1. The van der Waals surface area contributed by atoms with Crippen LogP contribution in [0.5, 0.6) is 0 Å². The standard InChI is InChI=1S/C13H18N4O9/c14-2-3(18)12(26-8(2)21)5-1-7(20)16-10(15)17-11(1)4(19)6(12)25-13(23,24-5)9(11)22/h1-7,9,18-20,22-23H,14H2,(H3,15,16,17)/t1-,2+,3-,4?,5-,6+,7-,9+,11-,12+,13+/m1/s1. The van der Waals surface area contributed by atoms with E-state index in [9.17, 15) is 30.3 Å². The molecule has 13 nitrogen and oxygen atoms in total. The number of nitrogens with two attached hydrogens (primary N) is 2. The van der Waals surface area contributed by atoms with Crippen LogP contribution in [0.4, 0.5) is 0 Å². The van der Waals surface area contributed by atoms with Crippen molar-refractivity contribution >= 4 is 11.9 Å². The Bertz CT molecular complexity index is 736. The predicted octanol–water partition coefficient (Wildman–Crippen LogP) is -6.26. The summed E-state index contributed by atoms with van der Waals surface area (Å²) >= 11 is 0. The highest BCUT2D eigenvalue weighted by Gasteiger charge is 2.87. The van der Waals surface area contributed by atoms with E-state index in [0.29, 0.717) is 0 Å². The molecule has 6 aliphatic rings. The second kappa shape index (κ2) is 4.45. The van der Waals surface area contributed by atoms with E-state index < -0.39 is 71.8 Å². The summed E-state index contributed by atoms with van der Waals surface area (Å²) in [6, 6.07) is -1.45. The molecule has 1 saturated carbocycles. The van der Waals surface area contributed by atoms with Crippen molar-refractivity contribution in [2.75, 3.05) is 0 Å². The van der Waals surface area contributed by atoms with Crippen molar-refractivity contribution in [1.82, 2.24) is 5.32 Å². The summed E-state index contributed by atoms with van der Waals surface area (Å²) < 4.78 is 16.0. The van der Waals surface area contributed by atoms with Crippen LogP contribution < -0.4 is 16.8 Å². The Hall–Kier alpha value is -1.58. The number of carbonyl (C=O) groups excluding carboxylic acids is 1. The highest BCUT2D eigenvalue weighted by atomic mass is 16.9. The lowest BCUT2D eigenvalue weighted by atomic mass is 9.54. The van der Waals surface area contributed by atoms with E-state index in [0.717, 1.165) is 0 Å². The first kappa shape index (κ1) is 16.6. The number of aliphatic hydroxyl groups excluding tert-OH is 4. The zero-order valence-corrected chi connectivity index (χ0v) is 13.1. The van der Waals surface area contributed by atoms with E-state index in [1.54, 1.807) is 0 Å². The molecule has 11 atom stereocenters. The van der Waals surface area contributed by atoms with Crippen molar-refractivity contribution in [1.29, 1.82) is 0 Å². The van der Waals surface area contributed by atoms with Gasteiger partial charge in [-0.3, -0.25) is 4.79 Å². The van der Waals surface area contributed by atoms with Gasteiger partial charge in [-0.2, -0.15) is 0 Å². The average molecular weight is 374 g/mol. The minimum Gasteiger partial charge on any atom is -0.449 e. The lowest BCUT2D eigenvalue weighted by molar-refractivity contribution is -0.548. The van der Waals surface area contributed by atoms with Crippen molar-refractivity contribution in [3.8, 4) is 0 Å². The zero-order chi connectivity index (χ0) is 18.8. The molecule has 4 saturated heterocycles. The molecule has 6 rings (SSSR count).